The lowest BCUT2D eigenvalue weighted by atomic mass is 10.1. The molecule has 1 aromatic heterocycles. The van der Waals surface area contributed by atoms with Gasteiger partial charge in [0.1, 0.15) is 11.5 Å². The Morgan fingerprint density at radius 1 is 1.29 bits per heavy atom. The molecule has 0 unspecified atom stereocenters. The van der Waals surface area contributed by atoms with Crippen molar-refractivity contribution in [3.63, 3.8) is 0 Å². The molecule has 1 atom stereocenters. The molecule has 28 heavy (non-hydrogen) atoms. The Kier molecular flexibility index (Phi) is 7.06. The van der Waals surface area contributed by atoms with Crippen LogP contribution in [0.1, 0.15) is 31.7 Å². The molecule has 0 N–H and O–H groups in total. The monoisotopic (exact) mass is 388 g/mol. The average molecular weight is 388 g/mol. The Balaban J connectivity index is 1.76. The number of carbonyl (C=O) groups excluding carboxylic acids is 1. The molecule has 7 heteroatoms. The summed E-state index contributed by atoms with van der Waals surface area (Å²) < 4.78 is 22.3. The van der Waals surface area contributed by atoms with Crippen LogP contribution in [-0.2, 0) is 20.8 Å². The largest absolute Gasteiger partial charge is 0.493 e. The topological polar surface area (TPSA) is 74.0 Å². The van der Waals surface area contributed by atoms with E-state index in [1.54, 1.807) is 0 Å². The van der Waals surface area contributed by atoms with E-state index in [-0.39, 0.29) is 12.0 Å². The normalized spacial score (nSPS) is 17.5. The lowest BCUT2D eigenvalue weighted by Crippen LogP contribution is -2.46. The number of benzene rings is 1. The lowest BCUT2D eigenvalue weighted by Gasteiger charge is -2.34. The maximum atomic E-state index is 11.9. The molecule has 1 aromatic carbocycles. The summed E-state index contributed by atoms with van der Waals surface area (Å²) in [5.41, 5.74) is 1.70. The van der Waals surface area contributed by atoms with E-state index >= 15 is 0 Å². The summed E-state index contributed by atoms with van der Waals surface area (Å²) in [7, 11) is 0. The summed E-state index contributed by atoms with van der Waals surface area (Å²) in [6, 6.07) is 7.70. The molecule has 3 rings (SSSR count). The van der Waals surface area contributed by atoms with Crippen LogP contribution < -0.4 is 4.74 Å². The van der Waals surface area contributed by atoms with Crippen LogP contribution in [-0.4, -0.2) is 54.9 Å². The molecule has 1 aliphatic rings. The molecule has 0 aliphatic carbocycles. The van der Waals surface area contributed by atoms with Gasteiger partial charge in [-0.15, -0.1) is 0 Å². The van der Waals surface area contributed by atoms with Gasteiger partial charge < -0.3 is 18.6 Å². The third-order valence-electron chi connectivity index (χ3n) is 4.72. The highest BCUT2D eigenvalue weighted by atomic mass is 16.5. The zero-order chi connectivity index (χ0) is 19.9. The van der Waals surface area contributed by atoms with Crippen LogP contribution >= 0.6 is 0 Å². The number of nitrogens with zero attached hydrogens (tertiary/aromatic N) is 2. The smallest absolute Gasteiger partial charge is 0.307 e. The Hall–Kier alpha value is -2.38. The van der Waals surface area contributed by atoms with Crippen molar-refractivity contribution in [2.75, 3.05) is 33.0 Å². The third kappa shape index (κ3) is 4.91. The van der Waals surface area contributed by atoms with E-state index in [1.807, 2.05) is 45.0 Å². The van der Waals surface area contributed by atoms with Crippen molar-refractivity contribution in [1.29, 1.82) is 0 Å². The van der Waals surface area contributed by atoms with Gasteiger partial charge in [-0.25, -0.2) is 4.98 Å². The molecule has 0 bridgehead atoms. The highest BCUT2D eigenvalue weighted by molar-refractivity contribution is 5.70. The number of hydrogen-bond acceptors (Lipinski definition) is 7. The molecule has 0 radical (unpaired) electrons. The van der Waals surface area contributed by atoms with E-state index in [1.165, 1.54) is 0 Å². The molecule has 2 aromatic rings. The van der Waals surface area contributed by atoms with Crippen molar-refractivity contribution >= 4 is 5.97 Å². The average Bonchev–Trinajstić information content (AvgIpc) is 3.04. The number of oxazole rings is 1. The molecule has 1 aliphatic heterocycles. The zero-order valence-electron chi connectivity index (χ0n) is 16.8. The first-order valence-corrected chi connectivity index (χ1v) is 9.78. The second kappa shape index (κ2) is 9.71. The molecular weight excluding hydrogens is 360 g/mol. The van der Waals surface area contributed by atoms with Gasteiger partial charge in [0.2, 0.25) is 5.89 Å². The minimum atomic E-state index is -0.203. The van der Waals surface area contributed by atoms with Gasteiger partial charge in [-0.05, 0) is 32.9 Å². The Bertz CT molecular complexity index is 789. The maximum absolute atomic E-state index is 11.9. The molecule has 2 heterocycles. The number of para-hydroxylation sites is 1. The number of rotatable bonds is 8. The van der Waals surface area contributed by atoms with Gasteiger partial charge in [-0.2, -0.15) is 0 Å². The minimum Gasteiger partial charge on any atom is -0.493 e. The van der Waals surface area contributed by atoms with Crippen LogP contribution in [0.3, 0.4) is 0 Å². The Labute approximate surface area is 165 Å². The first kappa shape index (κ1) is 20.4. The standard InChI is InChI=1S/C21H28N2O5/c1-4-26-19-9-7-6-8-17(19)21-22-18(15(3)28-21)13-23-10-11-25-14-16(23)12-20(24)27-5-2/h6-9,16H,4-5,10-14H2,1-3H3/t16-/m0/s1. The molecular formula is C21H28N2O5. The quantitative estimate of drug-likeness (QED) is 0.643. The highest BCUT2D eigenvalue weighted by Crippen LogP contribution is 2.31. The van der Waals surface area contributed by atoms with Gasteiger partial charge in [-0.1, -0.05) is 12.1 Å². The van der Waals surface area contributed by atoms with Crippen molar-refractivity contribution < 1.29 is 23.4 Å². The molecule has 1 fully saturated rings. The van der Waals surface area contributed by atoms with Crippen molar-refractivity contribution in [2.24, 2.45) is 0 Å². The van der Waals surface area contributed by atoms with Crippen LogP contribution in [0, 0.1) is 6.92 Å². The number of morpholine rings is 1. The van der Waals surface area contributed by atoms with Crippen LogP contribution in [0.15, 0.2) is 28.7 Å². The van der Waals surface area contributed by atoms with Gasteiger partial charge in [0.05, 0.1) is 44.1 Å². The van der Waals surface area contributed by atoms with Gasteiger partial charge in [-0.3, -0.25) is 9.69 Å². The minimum absolute atomic E-state index is 0.0249. The highest BCUT2D eigenvalue weighted by Gasteiger charge is 2.28. The van der Waals surface area contributed by atoms with Gasteiger partial charge in [0.25, 0.3) is 0 Å². The SMILES string of the molecule is CCOC(=O)C[C@H]1COCCN1Cc1nc(-c2ccccc2OCC)oc1C. The third-order valence-corrected chi connectivity index (χ3v) is 4.72. The van der Waals surface area contributed by atoms with Crippen molar-refractivity contribution in [3.05, 3.63) is 35.7 Å². The number of hydrogen-bond donors (Lipinski definition) is 0. The number of aromatic nitrogens is 1. The molecule has 7 nitrogen and oxygen atoms in total. The van der Waals surface area contributed by atoms with E-state index < -0.39 is 0 Å². The molecule has 0 spiro atoms. The van der Waals surface area contributed by atoms with Crippen molar-refractivity contribution in [1.82, 2.24) is 9.88 Å². The van der Waals surface area contributed by atoms with E-state index in [0.29, 0.717) is 45.3 Å². The fourth-order valence-electron chi connectivity index (χ4n) is 3.30. The maximum Gasteiger partial charge on any atom is 0.307 e. The molecule has 0 saturated carbocycles. The summed E-state index contributed by atoms with van der Waals surface area (Å²) >= 11 is 0. The second-order valence-electron chi connectivity index (χ2n) is 6.66. The fourth-order valence-corrected chi connectivity index (χ4v) is 3.30. The van der Waals surface area contributed by atoms with E-state index in [2.05, 4.69) is 4.90 Å². The molecule has 152 valence electrons. The van der Waals surface area contributed by atoms with E-state index in [9.17, 15) is 4.79 Å². The number of esters is 1. The zero-order valence-corrected chi connectivity index (χ0v) is 16.8. The number of carbonyl (C=O) groups is 1. The summed E-state index contributed by atoms with van der Waals surface area (Å²) in [6.45, 7) is 9.12. The van der Waals surface area contributed by atoms with Crippen LogP contribution in [0.25, 0.3) is 11.5 Å². The summed E-state index contributed by atoms with van der Waals surface area (Å²) in [6.07, 6.45) is 0.310. The number of ether oxygens (including phenoxy) is 3. The predicted octanol–water partition coefficient (Wildman–Crippen LogP) is 3.20. The summed E-state index contributed by atoms with van der Waals surface area (Å²) in [4.78, 5) is 18.8. The first-order chi connectivity index (χ1) is 13.6. The van der Waals surface area contributed by atoms with Crippen molar-refractivity contribution in [2.45, 2.75) is 39.8 Å². The fraction of sp³-hybridized carbons (Fsp3) is 0.524. The lowest BCUT2D eigenvalue weighted by molar-refractivity contribution is -0.146. The van der Waals surface area contributed by atoms with Crippen LogP contribution in [0.5, 0.6) is 5.75 Å². The predicted molar refractivity (Wildman–Crippen MR) is 104 cm³/mol. The van der Waals surface area contributed by atoms with E-state index in [0.717, 1.165) is 29.3 Å². The Morgan fingerprint density at radius 2 is 2.11 bits per heavy atom. The Morgan fingerprint density at radius 3 is 2.89 bits per heavy atom. The van der Waals surface area contributed by atoms with Crippen molar-refractivity contribution in [3.8, 4) is 17.2 Å². The number of aryl methyl sites for hydroxylation is 1. The van der Waals surface area contributed by atoms with Gasteiger partial charge >= 0.3 is 5.97 Å². The van der Waals surface area contributed by atoms with E-state index in [4.69, 9.17) is 23.6 Å². The summed E-state index contributed by atoms with van der Waals surface area (Å²) in [5, 5.41) is 0. The first-order valence-electron chi connectivity index (χ1n) is 9.78. The van der Waals surface area contributed by atoms with Gasteiger partial charge in [0.15, 0.2) is 0 Å². The van der Waals surface area contributed by atoms with Gasteiger partial charge in [0, 0.05) is 19.1 Å². The summed E-state index contributed by atoms with van der Waals surface area (Å²) in [5.74, 6) is 1.87. The molecule has 0 amide bonds. The van der Waals surface area contributed by atoms with Crippen LogP contribution in [0.4, 0.5) is 0 Å². The second-order valence-corrected chi connectivity index (χ2v) is 6.66. The molecule has 1 saturated heterocycles. The van der Waals surface area contributed by atoms with Crippen LogP contribution in [0.2, 0.25) is 0 Å².